The van der Waals surface area contributed by atoms with Gasteiger partial charge in [-0.25, -0.2) is 0 Å². The van der Waals surface area contributed by atoms with E-state index in [2.05, 4.69) is 345 Å². The van der Waals surface area contributed by atoms with E-state index >= 15 is 0 Å². The van der Waals surface area contributed by atoms with Crippen LogP contribution in [0.2, 0.25) is 0 Å². The average molecular weight is 1490 g/mol. The Hall–Kier alpha value is -10.3. The Morgan fingerprint density at radius 1 is 0.325 bits per heavy atom. The third kappa shape index (κ3) is 12.8. The van der Waals surface area contributed by atoms with Gasteiger partial charge in [0, 0.05) is 45.0 Å². The maximum absolute atomic E-state index is 4.02. The zero-order chi connectivity index (χ0) is 77.9. The highest BCUT2D eigenvalue weighted by Crippen LogP contribution is 2.68. The van der Waals surface area contributed by atoms with Crippen molar-refractivity contribution in [2.75, 3.05) is 9.80 Å². The molecule has 0 aromatic heterocycles. The number of hydrogen-bond acceptors (Lipinski definition) is 2. The normalized spacial score (nSPS) is 23.6. The second-order valence-corrected chi connectivity index (χ2v) is 37.9. The predicted octanol–water partition coefficient (Wildman–Crippen LogP) is 30.4. The van der Waals surface area contributed by atoms with E-state index in [1.54, 1.807) is 22.3 Å². The van der Waals surface area contributed by atoms with Crippen LogP contribution in [0.5, 0.6) is 0 Å². The van der Waals surface area contributed by atoms with E-state index < -0.39 is 0 Å². The largest absolute Gasteiger partial charge is 0.311 e. The van der Waals surface area contributed by atoms with Gasteiger partial charge in [0.1, 0.15) is 0 Å². The van der Waals surface area contributed by atoms with E-state index in [1.165, 1.54) is 237 Å². The first-order valence-electron chi connectivity index (χ1n) is 43.5. The summed E-state index contributed by atoms with van der Waals surface area (Å²) in [5, 5.41) is 0. The van der Waals surface area contributed by atoms with Crippen molar-refractivity contribution < 1.29 is 0 Å². The van der Waals surface area contributed by atoms with Gasteiger partial charge in [0.25, 0.3) is 0 Å². The molecule has 2 heteroatoms. The van der Waals surface area contributed by atoms with Gasteiger partial charge in [-0.05, 0) is 369 Å². The molecule has 0 N–H and O–H groups in total. The zero-order valence-electron chi connectivity index (χ0n) is 68.9. The minimum absolute atomic E-state index is 0.0120. The summed E-state index contributed by atoms with van der Waals surface area (Å²) in [4.78, 5) is 4.98. The van der Waals surface area contributed by atoms with Gasteiger partial charge in [0.2, 0.25) is 0 Å². The zero-order valence-corrected chi connectivity index (χ0v) is 68.9. The molecule has 12 aromatic carbocycles. The summed E-state index contributed by atoms with van der Waals surface area (Å²) >= 11 is 0. The summed E-state index contributed by atoms with van der Waals surface area (Å²) in [7, 11) is 0. The molecule has 2 nitrogen and oxygen atoms in total. The summed E-state index contributed by atoms with van der Waals surface area (Å²) in [6.45, 7) is 26.7. The molecule has 8 fully saturated rings. The summed E-state index contributed by atoms with van der Waals surface area (Å²) in [5.74, 6) is 3.28. The van der Waals surface area contributed by atoms with Crippen molar-refractivity contribution in [3.63, 3.8) is 0 Å². The number of benzene rings is 12. The van der Waals surface area contributed by atoms with Crippen LogP contribution in [0.4, 0.5) is 34.1 Å². The van der Waals surface area contributed by atoms with Crippen molar-refractivity contribution in [1.82, 2.24) is 0 Å². The Morgan fingerprint density at radius 2 is 0.658 bits per heavy atom. The van der Waals surface area contributed by atoms with E-state index in [9.17, 15) is 0 Å². The molecule has 0 aliphatic heterocycles. The smallest absolute Gasteiger partial charge is 0.0493 e. The molecular formula is C112H114N2. The minimum Gasteiger partial charge on any atom is -0.311 e. The van der Waals surface area contributed by atoms with E-state index in [4.69, 9.17) is 0 Å². The van der Waals surface area contributed by atoms with Crippen molar-refractivity contribution in [3.05, 3.63) is 358 Å². The molecule has 4 unspecified atom stereocenters. The highest BCUT2D eigenvalue weighted by atomic mass is 15.1. The van der Waals surface area contributed by atoms with E-state index in [-0.39, 0.29) is 21.7 Å². The standard InChI is InChI=1S/C57H59N.C55H55N/c1-7-9-12-41-17-24-47(25-18-41)58(54-30-38(3)51(29-39(54)4)44-19-28-50-49-13-10-11-14-52(49)55(5,6)53(50)32-44)48-26-22-46(23-27-48)57-35-42-31-43(36-57)34-56(33-42,37-57)45-20-15-40(8-2)16-21-45;1-5-7-10-39-15-24-46(25-16-39)56(47-26-17-42(18-27-47)43-19-30-50-49-11-8-9-12-51(49)53(3,4)52(50)32-43)48-28-22-45(23-29-48)55-35-40-31-41(36-55)34-54(33-40,37-55)44-20-13-38(6-2)14-21-44/h8,10-11,13-30,32,42-43H,2,7,9,12,31,33-37H2,1,3-6H3;6,8-9,11-30,32,40-41H,2,5,7,10,31,33-37H2,1,3-4H3. The molecule has 10 aliphatic carbocycles. The van der Waals surface area contributed by atoms with Crippen LogP contribution in [0.15, 0.2) is 280 Å². The lowest BCUT2D eigenvalue weighted by atomic mass is 9.41. The molecule has 0 heterocycles. The van der Waals surface area contributed by atoms with Crippen molar-refractivity contribution >= 4 is 46.3 Å². The van der Waals surface area contributed by atoms with Crippen molar-refractivity contribution in [2.45, 2.75) is 203 Å². The van der Waals surface area contributed by atoms with Crippen LogP contribution in [0, 0.1) is 37.5 Å². The second-order valence-electron chi connectivity index (χ2n) is 37.9. The maximum Gasteiger partial charge on any atom is 0.0493 e. The van der Waals surface area contributed by atoms with Crippen LogP contribution in [-0.4, -0.2) is 0 Å². The number of aryl methyl sites for hydroxylation is 4. The Labute approximate surface area is 681 Å². The highest BCUT2D eigenvalue weighted by Gasteiger charge is 2.60. The Kier molecular flexibility index (Phi) is 18.7. The summed E-state index contributed by atoms with van der Waals surface area (Å²) in [6.07, 6.45) is 27.2. The Bertz CT molecular complexity index is 5580. The summed E-state index contributed by atoms with van der Waals surface area (Å²) < 4.78 is 0. The van der Waals surface area contributed by atoms with Gasteiger partial charge >= 0.3 is 0 Å². The third-order valence-electron chi connectivity index (χ3n) is 29.9. The van der Waals surface area contributed by atoms with Gasteiger partial charge in [-0.3, -0.25) is 0 Å². The molecule has 0 saturated heterocycles. The first kappa shape index (κ1) is 73.9. The van der Waals surface area contributed by atoms with Crippen LogP contribution >= 0.6 is 0 Å². The van der Waals surface area contributed by atoms with Gasteiger partial charge in [-0.2, -0.15) is 0 Å². The summed E-state index contributed by atoms with van der Waals surface area (Å²) in [5.41, 5.74) is 38.8. The summed E-state index contributed by atoms with van der Waals surface area (Å²) in [6, 6.07) is 104. The molecule has 12 aromatic rings. The fraction of sp³-hybridized carbons (Fsp3) is 0.321. The quantitative estimate of drug-likeness (QED) is 0.0750. The van der Waals surface area contributed by atoms with E-state index in [0.29, 0.717) is 10.8 Å². The lowest BCUT2D eigenvalue weighted by molar-refractivity contribution is -0.0282. The molecule has 8 saturated carbocycles. The van der Waals surface area contributed by atoms with Gasteiger partial charge in [-0.15, -0.1) is 0 Å². The molecular weight excluding hydrogens is 1370 g/mol. The molecule has 572 valence electrons. The highest BCUT2D eigenvalue weighted by molar-refractivity contribution is 5.88. The lowest BCUT2D eigenvalue weighted by Crippen LogP contribution is -2.55. The van der Waals surface area contributed by atoms with Gasteiger partial charge in [-0.1, -0.05) is 262 Å². The predicted molar refractivity (Wildman–Crippen MR) is 484 cm³/mol. The number of hydrogen-bond donors (Lipinski definition) is 0. The van der Waals surface area contributed by atoms with Crippen LogP contribution in [0.25, 0.3) is 56.7 Å². The van der Waals surface area contributed by atoms with Crippen LogP contribution in [0.1, 0.15) is 222 Å². The number of anilines is 6. The number of nitrogens with zero attached hydrogens (tertiary/aromatic N) is 2. The van der Waals surface area contributed by atoms with Gasteiger partial charge in [0.15, 0.2) is 0 Å². The Morgan fingerprint density at radius 3 is 1.05 bits per heavy atom. The average Bonchev–Trinajstić information content (AvgIpc) is 1.07. The van der Waals surface area contributed by atoms with Gasteiger partial charge in [0.05, 0.1) is 0 Å². The molecule has 22 rings (SSSR count). The first-order valence-corrected chi connectivity index (χ1v) is 43.5. The molecule has 0 radical (unpaired) electrons. The molecule has 0 spiro atoms. The topological polar surface area (TPSA) is 6.48 Å². The minimum atomic E-state index is -0.0230. The molecule has 0 amide bonds. The first-order chi connectivity index (χ1) is 55.4. The molecule has 4 atom stereocenters. The monoisotopic (exact) mass is 1490 g/mol. The Balaban J connectivity index is 0.000000153. The number of fused-ring (bicyclic) bond motifs is 6. The van der Waals surface area contributed by atoms with Crippen molar-refractivity contribution in [1.29, 1.82) is 0 Å². The maximum atomic E-state index is 4.02. The van der Waals surface area contributed by atoms with Crippen molar-refractivity contribution in [2.24, 2.45) is 23.7 Å². The third-order valence-corrected chi connectivity index (χ3v) is 29.9. The number of rotatable bonds is 20. The molecule has 10 aliphatic rings. The molecule has 8 bridgehead atoms. The fourth-order valence-electron chi connectivity index (χ4n) is 24.9. The van der Waals surface area contributed by atoms with Crippen LogP contribution in [-0.2, 0) is 45.3 Å². The number of unbranched alkanes of at least 4 members (excludes halogenated alkanes) is 2. The van der Waals surface area contributed by atoms with Crippen LogP contribution < -0.4 is 9.80 Å². The van der Waals surface area contributed by atoms with Crippen LogP contribution in [0.3, 0.4) is 0 Å². The van der Waals surface area contributed by atoms with E-state index in [0.717, 1.165) is 36.5 Å². The molecule has 114 heavy (non-hydrogen) atoms. The second kappa shape index (κ2) is 28.9. The lowest BCUT2D eigenvalue weighted by Gasteiger charge is -2.63. The van der Waals surface area contributed by atoms with E-state index in [1.807, 2.05) is 12.2 Å². The SMILES string of the molecule is C=Cc1ccc(C23CC4CC(C2)CC(c2ccc(N(c5ccc(CCCC)cc5)c5cc(C)c(-c6ccc7c(c6)C(C)(C)c6ccccc6-7)cc5C)cc2)(C4)C3)cc1.C=Cc1ccc(C23CC4CC(C2)CC(c2ccc(N(c5ccc(CCCC)cc5)c5ccc(-c6ccc7c(c6)C(C)(C)c6ccccc6-7)cc5)cc2)(C4)C3)cc1. The fourth-order valence-corrected chi connectivity index (χ4v) is 24.9. The van der Waals surface area contributed by atoms with Gasteiger partial charge < -0.3 is 9.80 Å². The van der Waals surface area contributed by atoms with Crippen molar-refractivity contribution in [3.8, 4) is 44.5 Å².